The second-order valence-corrected chi connectivity index (χ2v) is 6.32. The summed E-state index contributed by atoms with van der Waals surface area (Å²) in [5.41, 5.74) is 3.01. The van der Waals surface area contributed by atoms with Crippen LogP contribution in [-0.4, -0.2) is 39.8 Å². The number of nitrogens with zero attached hydrogens (tertiary/aromatic N) is 3. The zero-order valence-corrected chi connectivity index (χ0v) is 14.5. The van der Waals surface area contributed by atoms with Gasteiger partial charge in [0.05, 0.1) is 5.75 Å². The number of aryl methyl sites for hydroxylation is 1. The van der Waals surface area contributed by atoms with Crippen LogP contribution in [0.4, 0.5) is 0 Å². The molecule has 0 fully saturated rings. The molecule has 1 aromatic heterocycles. The third-order valence-corrected chi connectivity index (χ3v) is 4.02. The van der Waals surface area contributed by atoms with Gasteiger partial charge in [-0.2, -0.15) is 0 Å². The van der Waals surface area contributed by atoms with Crippen LogP contribution in [-0.2, 0) is 4.79 Å². The van der Waals surface area contributed by atoms with E-state index in [1.165, 1.54) is 17.3 Å². The molecule has 0 radical (unpaired) electrons. The molecule has 0 aliphatic carbocycles. The predicted molar refractivity (Wildman–Crippen MR) is 92.3 cm³/mol. The molecule has 0 spiro atoms. The van der Waals surface area contributed by atoms with Gasteiger partial charge in [0, 0.05) is 18.7 Å². The fraction of sp³-hybridized carbons (Fsp3) is 0.353. The molecule has 0 aliphatic heterocycles. The van der Waals surface area contributed by atoms with Crippen LogP contribution in [0.5, 0.6) is 0 Å². The maximum absolute atomic E-state index is 12.2. The largest absolute Gasteiger partial charge is 0.411 e. The number of hydrogen-bond donors (Lipinski definition) is 0. The molecule has 6 heteroatoms. The minimum absolute atomic E-state index is 0.0376. The lowest BCUT2D eigenvalue weighted by Crippen LogP contribution is -2.33. The van der Waals surface area contributed by atoms with Crippen molar-refractivity contribution >= 4 is 17.7 Å². The molecule has 0 aliphatic rings. The zero-order valence-electron chi connectivity index (χ0n) is 13.7. The smallest absolute Gasteiger partial charge is 0.277 e. The monoisotopic (exact) mass is 331 g/mol. The van der Waals surface area contributed by atoms with Gasteiger partial charge in [-0.1, -0.05) is 41.6 Å². The van der Waals surface area contributed by atoms with Crippen molar-refractivity contribution in [3.63, 3.8) is 0 Å². The molecule has 0 saturated heterocycles. The lowest BCUT2D eigenvalue weighted by Gasteiger charge is -2.20. The summed E-state index contributed by atoms with van der Waals surface area (Å²) >= 11 is 1.26. The second-order valence-electron chi connectivity index (χ2n) is 5.39. The van der Waals surface area contributed by atoms with E-state index in [1.807, 2.05) is 45.0 Å². The van der Waals surface area contributed by atoms with E-state index < -0.39 is 0 Å². The van der Waals surface area contributed by atoms with E-state index in [0.29, 0.717) is 24.2 Å². The van der Waals surface area contributed by atoms with Crippen molar-refractivity contribution in [1.29, 1.82) is 0 Å². The Balaban J connectivity index is 1.95. The van der Waals surface area contributed by atoms with Crippen molar-refractivity contribution in [2.45, 2.75) is 26.0 Å². The molecule has 1 amide bonds. The molecular formula is C17H21N3O2S. The topological polar surface area (TPSA) is 59.2 Å². The van der Waals surface area contributed by atoms with E-state index in [2.05, 4.69) is 16.8 Å². The lowest BCUT2D eigenvalue weighted by molar-refractivity contribution is -0.127. The highest BCUT2D eigenvalue weighted by Crippen LogP contribution is 2.23. The van der Waals surface area contributed by atoms with Gasteiger partial charge in [0.25, 0.3) is 5.22 Å². The number of thioether (sulfide) groups is 1. The SMILES string of the molecule is C=C(C)CN(CC)C(=O)CSc1nnc(-c2ccc(C)cc2)o1. The van der Waals surface area contributed by atoms with Gasteiger partial charge in [0.1, 0.15) is 0 Å². The van der Waals surface area contributed by atoms with Crippen LogP contribution < -0.4 is 0 Å². The minimum Gasteiger partial charge on any atom is -0.411 e. The Morgan fingerprint density at radius 3 is 2.61 bits per heavy atom. The molecule has 0 saturated carbocycles. The fourth-order valence-electron chi connectivity index (χ4n) is 2.00. The van der Waals surface area contributed by atoms with Crippen molar-refractivity contribution < 1.29 is 9.21 Å². The van der Waals surface area contributed by atoms with Gasteiger partial charge in [-0.05, 0) is 32.9 Å². The summed E-state index contributed by atoms with van der Waals surface area (Å²) in [6.07, 6.45) is 0. The first-order valence-electron chi connectivity index (χ1n) is 7.45. The Kier molecular flexibility index (Phi) is 5.98. The zero-order chi connectivity index (χ0) is 16.8. The molecule has 0 atom stereocenters. The molecule has 2 rings (SSSR count). The number of hydrogen-bond acceptors (Lipinski definition) is 5. The summed E-state index contributed by atoms with van der Waals surface area (Å²) in [4.78, 5) is 13.9. The van der Waals surface area contributed by atoms with Crippen molar-refractivity contribution in [3.05, 3.63) is 42.0 Å². The number of carbonyl (C=O) groups is 1. The molecule has 0 N–H and O–H groups in total. The molecule has 1 heterocycles. The van der Waals surface area contributed by atoms with Crippen LogP contribution in [0.25, 0.3) is 11.5 Å². The van der Waals surface area contributed by atoms with Crippen LogP contribution in [0.3, 0.4) is 0 Å². The third-order valence-electron chi connectivity index (χ3n) is 3.22. The first-order chi connectivity index (χ1) is 11.0. The number of benzene rings is 1. The van der Waals surface area contributed by atoms with Crippen LogP contribution in [0.2, 0.25) is 0 Å². The normalized spacial score (nSPS) is 10.6. The van der Waals surface area contributed by atoms with Crippen molar-refractivity contribution in [3.8, 4) is 11.5 Å². The van der Waals surface area contributed by atoms with Gasteiger partial charge in [-0.25, -0.2) is 0 Å². The summed E-state index contributed by atoms with van der Waals surface area (Å²) in [7, 11) is 0. The number of rotatable bonds is 7. The minimum atomic E-state index is 0.0376. The Morgan fingerprint density at radius 2 is 2.00 bits per heavy atom. The maximum atomic E-state index is 12.2. The summed E-state index contributed by atoms with van der Waals surface area (Å²) in [5, 5.41) is 8.43. The average molecular weight is 331 g/mol. The molecule has 23 heavy (non-hydrogen) atoms. The predicted octanol–water partition coefficient (Wildman–Crippen LogP) is 3.56. The van der Waals surface area contributed by atoms with Crippen molar-refractivity contribution in [2.24, 2.45) is 0 Å². The Bertz CT molecular complexity index is 679. The summed E-state index contributed by atoms with van der Waals surface area (Å²) < 4.78 is 5.61. The molecule has 122 valence electrons. The Morgan fingerprint density at radius 1 is 1.30 bits per heavy atom. The first kappa shape index (κ1) is 17.3. The number of aromatic nitrogens is 2. The maximum Gasteiger partial charge on any atom is 0.277 e. The molecule has 1 aromatic carbocycles. The lowest BCUT2D eigenvalue weighted by atomic mass is 10.1. The van der Waals surface area contributed by atoms with Gasteiger partial charge in [0.2, 0.25) is 11.8 Å². The molecular weight excluding hydrogens is 310 g/mol. The highest BCUT2D eigenvalue weighted by atomic mass is 32.2. The van der Waals surface area contributed by atoms with Crippen molar-refractivity contribution in [2.75, 3.05) is 18.8 Å². The van der Waals surface area contributed by atoms with Crippen LogP contribution in [0, 0.1) is 6.92 Å². The summed E-state index contributed by atoms with van der Waals surface area (Å²) in [6, 6.07) is 7.86. The van der Waals surface area contributed by atoms with Gasteiger partial charge in [-0.3, -0.25) is 4.79 Å². The summed E-state index contributed by atoms with van der Waals surface area (Å²) in [5.74, 6) is 0.779. The molecule has 2 aromatic rings. The van der Waals surface area contributed by atoms with E-state index in [4.69, 9.17) is 4.42 Å². The van der Waals surface area contributed by atoms with Crippen LogP contribution in [0.15, 0.2) is 46.1 Å². The van der Waals surface area contributed by atoms with Gasteiger partial charge < -0.3 is 9.32 Å². The second kappa shape index (κ2) is 7.97. The Hall–Kier alpha value is -2.08. The Labute approximate surface area is 140 Å². The van der Waals surface area contributed by atoms with E-state index in [1.54, 1.807) is 4.90 Å². The number of amides is 1. The molecule has 5 nitrogen and oxygen atoms in total. The van der Waals surface area contributed by atoms with E-state index in [9.17, 15) is 4.79 Å². The average Bonchev–Trinajstić information content (AvgIpc) is 2.99. The first-order valence-corrected chi connectivity index (χ1v) is 8.43. The quantitative estimate of drug-likeness (QED) is 0.573. The highest BCUT2D eigenvalue weighted by molar-refractivity contribution is 7.99. The van der Waals surface area contributed by atoms with E-state index >= 15 is 0 Å². The number of carbonyl (C=O) groups excluding carboxylic acids is 1. The van der Waals surface area contributed by atoms with E-state index in [0.717, 1.165) is 11.1 Å². The van der Waals surface area contributed by atoms with Gasteiger partial charge in [0.15, 0.2) is 0 Å². The highest BCUT2D eigenvalue weighted by Gasteiger charge is 2.15. The number of likely N-dealkylation sites (N-methyl/N-ethyl adjacent to an activating group) is 1. The van der Waals surface area contributed by atoms with Crippen molar-refractivity contribution in [1.82, 2.24) is 15.1 Å². The molecule has 0 unspecified atom stereocenters. The standard InChI is InChI=1S/C17H21N3O2S/c1-5-20(10-12(2)3)15(21)11-23-17-19-18-16(22-17)14-8-6-13(4)7-9-14/h6-9H,2,5,10-11H2,1,3-4H3. The van der Waals surface area contributed by atoms with Crippen LogP contribution >= 0.6 is 11.8 Å². The van der Waals surface area contributed by atoms with Gasteiger partial charge in [-0.15, -0.1) is 10.2 Å². The third kappa shape index (κ3) is 4.96. The summed E-state index contributed by atoms with van der Waals surface area (Å²) in [6.45, 7) is 11.0. The van der Waals surface area contributed by atoms with E-state index in [-0.39, 0.29) is 11.7 Å². The fourth-order valence-corrected chi connectivity index (χ4v) is 2.66. The van der Waals surface area contributed by atoms with Crippen LogP contribution in [0.1, 0.15) is 19.4 Å². The van der Waals surface area contributed by atoms with Gasteiger partial charge >= 0.3 is 0 Å². The molecule has 0 bridgehead atoms.